The van der Waals surface area contributed by atoms with Crippen LogP contribution in [-0.4, -0.2) is 0 Å². The first-order valence-electron chi connectivity index (χ1n) is 22.5. The van der Waals surface area contributed by atoms with Crippen molar-refractivity contribution in [1.82, 2.24) is 0 Å². The molecule has 0 saturated heterocycles. The maximum Gasteiger partial charge on any atom is 0.0540 e. The van der Waals surface area contributed by atoms with Crippen LogP contribution in [0.2, 0.25) is 0 Å². The molecule has 0 saturated carbocycles. The third kappa shape index (κ3) is 5.77. The van der Waals surface area contributed by atoms with E-state index < -0.39 is 0 Å². The monoisotopic (exact) mass is 817 g/mol. The molecule has 0 bridgehead atoms. The Morgan fingerprint density at radius 1 is 0.328 bits per heavy atom. The van der Waals surface area contributed by atoms with Gasteiger partial charge < -0.3 is 4.90 Å². The van der Waals surface area contributed by atoms with E-state index >= 15 is 0 Å². The number of anilines is 3. The molecule has 0 radical (unpaired) electrons. The molecule has 2 aliphatic carbocycles. The van der Waals surface area contributed by atoms with Crippen LogP contribution in [0, 0.1) is 0 Å². The van der Waals surface area contributed by atoms with Gasteiger partial charge in [0.1, 0.15) is 0 Å². The second-order valence-corrected chi connectivity index (χ2v) is 18.2. The number of nitrogens with zero attached hydrogens (tertiary/aromatic N) is 1. The molecule has 64 heavy (non-hydrogen) atoms. The lowest BCUT2D eigenvalue weighted by Gasteiger charge is -2.30. The Morgan fingerprint density at radius 2 is 0.891 bits per heavy atom. The Kier molecular flexibility index (Phi) is 8.71. The molecule has 0 spiro atoms. The molecule has 0 fully saturated rings. The van der Waals surface area contributed by atoms with Crippen molar-refractivity contribution < 1.29 is 0 Å². The predicted molar refractivity (Wildman–Crippen MR) is 270 cm³/mol. The van der Waals surface area contributed by atoms with Gasteiger partial charge in [0.15, 0.2) is 0 Å². The van der Waals surface area contributed by atoms with Crippen molar-refractivity contribution in [2.75, 3.05) is 4.90 Å². The van der Waals surface area contributed by atoms with Gasteiger partial charge in [-0.25, -0.2) is 0 Å². The van der Waals surface area contributed by atoms with Crippen molar-refractivity contribution in [3.05, 3.63) is 258 Å². The molecule has 1 atom stereocenters. The quantitative estimate of drug-likeness (QED) is 0.155. The van der Waals surface area contributed by atoms with E-state index in [1.54, 1.807) is 0 Å². The van der Waals surface area contributed by atoms with Gasteiger partial charge in [0.25, 0.3) is 0 Å². The van der Waals surface area contributed by atoms with E-state index in [1.165, 1.54) is 94.2 Å². The first-order valence-corrected chi connectivity index (χ1v) is 22.5. The highest BCUT2D eigenvalue weighted by atomic mass is 15.1. The molecule has 1 heteroatoms. The maximum atomic E-state index is 2.47. The third-order valence-corrected chi connectivity index (χ3v) is 14.3. The second kappa shape index (κ2) is 14.7. The molecule has 0 amide bonds. The molecule has 10 aromatic carbocycles. The van der Waals surface area contributed by atoms with Crippen molar-refractivity contribution in [2.24, 2.45) is 0 Å². The Morgan fingerprint density at radius 3 is 1.70 bits per heavy atom. The first-order chi connectivity index (χ1) is 31.4. The minimum absolute atomic E-state index is 0.162. The Labute approximate surface area is 376 Å². The average Bonchev–Trinajstić information content (AvgIpc) is 3.76. The first kappa shape index (κ1) is 38.0. The standard InChI is InChI=1S/C63H47N/c1-62(2)57-31-12-9-26-52(57)55-29-17-30-56(61(55)62)54-27-11-14-33-60(54)64(48-23-15-20-45(40-48)50-28-16-19-43-18-7-8-24-49(43)50)47-37-34-42(35-38-47)44-36-39-53-51-25-10-13-32-58(51)63(3,59(53)41-44)46-21-5-4-6-22-46/h4-41H,1-3H3. The van der Waals surface area contributed by atoms with Gasteiger partial charge in [0, 0.05) is 27.8 Å². The van der Waals surface area contributed by atoms with Gasteiger partial charge in [0.05, 0.1) is 5.69 Å². The lowest BCUT2D eigenvalue weighted by atomic mass is 9.74. The highest BCUT2D eigenvalue weighted by molar-refractivity contribution is 5.99. The van der Waals surface area contributed by atoms with Crippen LogP contribution in [-0.2, 0) is 10.8 Å². The Balaban J connectivity index is 1.02. The summed E-state index contributed by atoms with van der Waals surface area (Å²) in [5, 5.41) is 2.49. The summed E-state index contributed by atoms with van der Waals surface area (Å²) in [5.74, 6) is 0. The largest absolute Gasteiger partial charge is 0.310 e. The van der Waals surface area contributed by atoms with Crippen LogP contribution in [0.15, 0.2) is 231 Å². The van der Waals surface area contributed by atoms with E-state index in [0.717, 1.165) is 17.1 Å². The van der Waals surface area contributed by atoms with Gasteiger partial charge in [-0.15, -0.1) is 0 Å². The summed E-state index contributed by atoms with van der Waals surface area (Å²) < 4.78 is 0. The van der Waals surface area contributed by atoms with Crippen LogP contribution in [0.3, 0.4) is 0 Å². The summed E-state index contributed by atoms with van der Waals surface area (Å²) in [6, 6.07) is 85.4. The number of hydrogen-bond donors (Lipinski definition) is 0. The Hall–Kier alpha value is -7.74. The predicted octanol–water partition coefficient (Wildman–Crippen LogP) is 17.0. The molecule has 2 aliphatic rings. The summed E-state index contributed by atoms with van der Waals surface area (Å²) in [6.45, 7) is 7.16. The topological polar surface area (TPSA) is 3.24 Å². The van der Waals surface area contributed by atoms with Crippen molar-refractivity contribution in [2.45, 2.75) is 31.6 Å². The van der Waals surface area contributed by atoms with Crippen molar-refractivity contribution in [3.63, 3.8) is 0 Å². The fourth-order valence-corrected chi connectivity index (χ4v) is 11.2. The zero-order chi connectivity index (χ0) is 43.0. The van der Waals surface area contributed by atoms with Crippen LogP contribution < -0.4 is 4.90 Å². The molecule has 10 aromatic rings. The van der Waals surface area contributed by atoms with Crippen LogP contribution in [0.5, 0.6) is 0 Å². The van der Waals surface area contributed by atoms with Crippen molar-refractivity contribution in [3.8, 4) is 55.6 Å². The highest BCUT2D eigenvalue weighted by Crippen LogP contribution is 2.55. The fraction of sp³-hybridized carbons (Fsp3) is 0.0794. The number of benzene rings is 10. The van der Waals surface area contributed by atoms with E-state index in [1.807, 2.05) is 0 Å². The molecule has 0 heterocycles. The second-order valence-electron chi connectivity index (χ2n) is 18.2. The van der Waals surface area contributed by atoms with Crippen molar-refractivity contribution >= 4 is 27.8 Å². The minimum Gasteiger partial charge on any atom is -0.310 e. The summed E-state index contributed by atoms with van der Waals surface area (Å²) in [7, 11) is 0. The average molecular weight is 818 g/mol. The zero-order valence-corrected chi connectivity index (χ0v) is 36.4. The van der Waals surface area contributed by atoms with Crippen molar-refractivity contribution in [1.29, 1.82) is 0 Å². The van der Waals surface area contributed by atoms with Crippen LogP contribution >= 0.6 is 0 Å². The number of hydrogen-bond acceptors (Lipinski definition) is 1. The smallest absolute Gasteiger partial charge is 0.0540 e. The van der Waals surface area contributed by atoms with E-state index in [4.69, 9.17) is 0 Å². The van der Waals surface area contributed by atoms with E-state index in [0.29, 0.717) is 0 Å². The van der Waals surface area contributed by atoms with E-state index in [-0.39, 0.29) is 10.8 Å². The number of para-hydroxylation sites is 1. The molecule has 1 nitrogen and oxygen atoms in total. The lowest BCUT2D eigenvalue weighted by Crippen LogP contribution is -2.22. The molecule has 12 rings (SSSR count). The summed E-state index contributed by atoms with van der Waals surface area (Å²) in [4.78, 5) is 2.47. The fourth-order valence-electron chi connectivity index (χ4n) is 11.2. The molecular formula is C63H47N. The summed E-state index contributed by atoms with van der Waals surface area (Å²) in [6.07, 6.45) is 0. The highest BCUT2D eigenvalue weighted by Gasteiger charge is 2.41. The van der Waals surface area contributed by atoms with Crippen LogP contribution in [0.1, 0.15) is 48.6 Å². The lowest BCUT2D eigenvalue weighted by molar-refractivity contribution is 0.662. The normalized spacial score (nSPS) is 15.3. The summed E-state index contributed by atoms with van der Waals surface area (Å²) in [5.41, 5.74) is 22.3. The van der Waals surface area contributed by atoms with Crippen LogP contribution in [0.25, 0.3) is 66.4 Å². The SMILES string of the molecule is CC1(C)c2ccccc2-c2cccc(-c3ccccc3N(c3ccc(-c4ccc5c(c4)C(C)(c4ccccc4)c4ccccc4-5)cc3)c3cccc(-c4cccc5ccccc45)c3)c21. The van der Waals surface area contributed by atoms with E-state index in [9.17, 15) is 0 Å². The van der Waals surface area contributed by atoms with Gasteiger partial charge in [-0.1, -0.05) is 208 Å². The molecule has 0 aromatic heterocycles. The number of rotatable bonds is 7. The minimum atomic E-state index is -0.258. The van der Waals surface area contributed by atoms with Gasteiger partial charge in [-0.3, -0.25) is 0 Å². The van der Waals surface area contributed by atoms with Gasteiger partial charge >= 0.3 is 0 Å². The molecule has 0 N–H and O–H groups in total. The molecular weight excluding hydrogens is 771 g/mol. The van der Waals surface area contributed by atoms with Gasteiger partial charge in [-0.2, -0.15) is 0 Å². The van der Waals surface area contributed by atoms with Gasteiger partial charge in [-0.05, 0) is 132 Å². The third-order valence-electron chi connectivity index (χ3n) is 14.3. The zero-order valence-electron chi connectivity index (χ0n) is 36.4. The number of fused-ring (bicyclic) bond motifs is 7. The molecule has 1 unspecified atom stereocenters. The van der Waals surface area contributed by atoms with E-state index in [2.05, 4.69) is 256 Å². The van der Waals surface area contributed by atoms with Gasteiger partial charge in [0.2, 0.25) is 0 Å². The molecule has 0 aliphatic heterocycles. The Bertz CT molecular complexity index is 3420. The maximum absolute atomic E-state index is 2.47. The molecule has 304 valence electrons. The summed E-state index contributed by atoms with van der Waals surface area (Å²) >= 11 is 0. The van der Waals surface area contributed by atoms with Crippen LogP contribution in [0.4, 0.5) is 17.1 Å².